The second kappa shape index (κ2) is 7.61. The Morgan fingerprint density at radius 2 is 1.88 bits per heavy atom. The predicted octanol–water partition coefficient (Wildman–Crippen LogP) is 3.74. The second-order valence-electron chi connectivity index (χ2n) is 6.27. The van der Waals surface area contributed by atoms with Gasteiger partial charge in [0.25, 0.3) is 0 Å². The molecular formula is C19H20ClN3O3. The molecule has 1 aliphatic rings. The molecule has 136 valence electrons. The Hall–Kier alpha value is -2.15. The van der Waals surface area contributed by atoms with Gasteiger partial charge in [-0.1, -0.05) is 23.7 Å². The third-order valence-corrected chi connectivity index (χ3v) is 4.88. The molecule has 3 aromatic rings. The quantitative estimate of drug-likeness (QED) is 0.737. The van der Waals surface area contributed by atoms with Gasteiger partial charge in [0.15, 0.2) is 17.4 Å². The Bertz CT molecular complexity index is 884. The number of aliphatic hydroxyl groups is 1. The van der Waals surface area contributed by atoms with E-state index in [-0.39, 0.29) is 12.5 Å². The van der Waals surface area contributed by atoms with Crippen molar-refractivity contribution >= 4 is 11.6 Å². The van der Waals surface area contributed by atoms with Crippen LogP contribution in [0.1, 0.15) is 24.6 Å². The minimum atomic E-state index is -0.0122. The van der Waals surface area contributed by atoms with Crippen LogP contribution >= 0.6 is 11.6 Å². The molecule has 0 spiro atoms. The van der Waals surface area contributed by atoms with Crippen molar-refractivity contribution in [3.8, 4) is 22.9 Å². The van der Waals surface area contributed by atoms with Gasteiger partial charge in [-0.25, -0.2) is 9.67 Å². The van der Waals surface area contributed by atoms with Crippen LogP contribution in [0.3, 0.4) is 0 Å². The molecule has 6 nitrogen and oxygen atoms in total. The van der Waals surface area contributed by atoms with E-state index in [9.17, 15) is 5.11 Å². The van der Waals surface area contributed by atoms with Crippen LogP contribution in [-0.4, -0.2) is 39.7 Å². The molecular weight excluding hydrogens is 354 g/mol. The Balaban J connectivity index is 1.68. The lowest BCUT2D eigenvalue weighted by Gasteiger charge is -2.18. The summed E-state index contributed by atoms with van der Waals surface area (Å²) in [6.45, 7) is 1.81. The Morgan fingerprint density at radius 3 is 2.65 bits per heavy atom. The molecule has 4 rings (SSSR count). The monoisotopic (exact) mass is 373 g/mol. The van der Waals surface area contributed by atoms with Crippen molar-refractivity contribution in [2.45, 2.75) is 25.3 Å². The largest absolute Gasteiger partial charge is 0.453 e. The first-order valence-corrected chi connectivity index (χ1v) is 9.12. The number of aromatic nitrogens is 3. The minimum Gasteiger partial charge on any atom is -0.453 e. The number of halogens is 1. The standard InChI is InChI=1S/C19H20ClN3O3/c20-15-4-2-1-3-14(15)16-5-6-17(26-16)19-21-18(22-23(19)9-10-24)13-7-11-25-12-8-13/h1-6,13,24H,7-12H2. The minimum absolute atomic E-state index is 0.0122. The average Bonchev–Trinajstić information content (AvgIpc) is 3.30. The van der Waals surface area contributed by atoms with Crippen LogP contribution in [0.4, 0.5) is 0 Å². The summed E-state index contributed by atoms with van der Waals surface area (Å²) in [5.41, 5.74) is 0.832. The third-order valence-electron chi connectivity index (χ3n) is 4.55. The van der Waals surface area contributed by atoms with Crippen molar-refractivity contribution in [3.63, 3.8) is 0 Å². The number of rotatable bonds is 5. The fraction of sp³-hybridized carbons (Fsp3) is 0.368. The molecule has 1 aromatic carbocycles. The summed E-state index contributed by atoms with van der Waals surface area (Å²) in [4.78, 5) is 4.71. The molecule has 0 saturated carbocycles. The first-order chi connectivity index (χ1) is 12.8. The first-order valence-electron chi connectivity index (χ1n) is 8.74. The van der Waals surface area contributed by atoms with E-state index in [1.54, 1.807) is 4.68 Å². The maximum atomic E-state index is 9.37. The zero-order chi connectivity index (χ0) is 17.9. The summed E-state index contributed by atoms with van der Waals surface area (Å²) in [5.74, 6) is 2.97. The molecule has 1 saturated heterocycles. The highest BCUT2D eigenvalue weighted by Crippen LogP contribution is 2.33. The highest BCUT2D eigenvalue weighted by molar-refractivity contribution is 6.33. The van der Waals surface area contributed by atoms with Crippen LogP contribution in [0.15, 0.2) is 40.8 Å². The van der Waals surface area contributed by atoms with Crippen molar-refractivity contribution in [1.29, 1.82) is 0 Å². The molecule has 26 heavy (non-hydrogen) atoms. The maximum Gasteiger partial charge on any atom is 0.194 e. The average molecular weight is 374 g/mol. The zero-order valence-corrected chi connectivity index (χ0v) is 15.0. The smallest absolute Gasteiger partial charge is 0.194 e. The SMILES string of the molecule is OCCn1nc(C2CCOCC2)nc1-c1ccc(-c2ccccc2Cl)o1. The van der Waals surface area contributed by atoms with Gasteiger partial charge < -0.3 is 14.3 Å². The molecule has 2 aromatic heterocycles. The van der Waals surface area contributed by atoms with E-state index >= 15 is 0 Å². The van der Waals surface area contributed by atoms with Crippen molar-refractivity contribution in [1.82, 2.24) is 14.8 Å². The van der Waals surface area contributed by atoms with Crippen molar-refractivity contribution in [2.75, 3.05) is 19.8 Å². The molecule has 7 heteroatoms. The van der Waals surface area contributed by atoms with Crippen LogP contribution < -0.4 is 0 Å². The molecule has 0 bridgehead atoms. The molecule has 0 amide bonds. The molecule has 0 atom stereocenters. The summed E-state index contributed by atoms with van der Waals surface area (Å²) >= 11 is 6.26. The van der Waals surface area contributed by atoms with Gasteiger partial charge in [0.2, 0.25) is 0 Å². The van der Waals surface area contributed by atoms with E-state index in [4.69, 9.17) is 25.7 Å². The lowest BCUT2D eigenvalue weighted by molar-refractivity contribution is 0.0835. The topological polar surface area (TPSA) is 73.3 Å². The number of ether oxygens (including phenoxy) is 1. The normalized spacial score (nSPS) is 15.5. The van der Waals surface area contributed by atoms with Crippen molar-refractivity contribution in [2.24, 2.45) is 0 Å². The molecule has 1 fully saturated rings. The predicted molar refractivity (Wildman–Crippen MR) is 98.0 cm³/mol. The van der Waals surface area contributed by atoms with Gasteiger partial charge in [0.05, 0.1) is 18.2 Å². The summed E-state index contributed by atoms with van der Waals surface area (Å²) in [7, 11) is 0. The third kappa shape index (κ3) is 3.40. The van der Waals surface area contributed by atoms with E-state index in [0.29, 0.717) is 28.9 Å². The molecule has 0 radical (unpaired) electrons. The van der Waals surface area contributed by atoms with Gasteiger partial charge in [-0.3, -0.25) is 0 Å². The number of aliphatic hydroxyl groups excluding tert-OH is 1. The highest BCUT2D eigenvalue weighted by atomic mass is 35.5. The van der Waals surface area contributed by atoms with Gasteiger partial charge >= 0.3 is 0 Å². The summed E-state index contributed by atoms with van der Waals surface area (Å²) < 4.78 is 13.1. The van der Waals surface area contributed by atoms with Gasteiger partial charge in [-0.2, -0.15) is 5.10 Å². The lowest BCUT2D eigenvalue weighted by atomic mass is 10.00. The molecule has 3 heterocycles. The van der Waals surface area contributed by atoms with Gasteiger partial charge in [-0.15, -0.1) is 0 Å². The molecule has 0 unspecified atom stereocenters. The van der Waals surface area contributed by atoms with Gasteiger partial charge in [-0.05, 0) is 37.1 Å². The van der Waals surface area contributed by atoms with E-state index in [1.165, 1.54) is 0 Å². The number of furan rings is 1. The summed E-state index contributed by atoms with van der Waals surface area (Å²) in [6, 6.07) is 11.3. The van der Waals surface area contributed by atoms with Crippen molar-refractivity contribution in [3.05, 3.63) is 47.2 Å². The molecule has 1 aliphatic heterocycles. The van der Waals surface area contributed by atoms with Gasteiger partial charge in [0.1, 0.15) is 5.76 Å². The van der Waals surface area contributed by atoms with Crippen LogP contribution in [-0.2, 0) is 11.3 Å². The van der Waals surface area contributed by atoms with E-state index < -0.39 is 0 Å². The number of hydrogen-bond acceptors (Lipinski definition) is 5. The number of hydrogen-bond donors (Lipinski definition) is 1. The van der Waals surface area contributed by atoms with Crippen molar-refractivity contribution < 1.29 is 14.3 Å². The first kappa shape index (κ1) is 17.3. The summed E-state index contributed by atoms with van der Waals surface area (Å²) in [5, 5.41) is 14.6. The maximum absolute atomic E-state index is 9.37. The van der Waals surface area contributed by atoms with Crippen LogP contribution in [0.2, 0.25) is 5.02 Å². The van der Waals surface area contributed by atoms with Crippen LogP contribution in [0.25, 0.3) is 22.9 Å². The van der Waals surface area contributed by atoms with Crippen LogP contribution in [0.5, 0.6) is 0 Å². The second-order valence-corrected chi connectivity index (χ2v) is 6.68. The molecule has 1 N–H and O–H groups in total. The number of nitrogens with zero attached hydrogens (tertiary/aromatic N) is 3. The zero-order valence-electron chi connectivity index (χ0n) is 14.3. The Morgan fingerprint density at radius 1 is 1.12 bits per heavy atom. The van der Waals surface area contributed by atoms with E-state index in [0.717, 1.165) is 37.4 Å². The Labute approximate surface area is 156 Å². The van der Waals surface area contributed by atoms with E-state index in [2.05, 4.69) is 5.10 Å². The summed E-state index contributed by atoms with van der Waals surface area (Å²) in [6.07, 6.45) is 1.82. The van der Waals surface area contributed by atoms with E-state index in [1.807, 2.05) is 36.4 Å². The Kier molecular flexibility index (Phi) is 5.06. The highest BCUT2D eigenvalue weighted by Gasteiger charge is 2.24. The fourth-order valence-electron chi connectivity index (χ4n) is 3.19. The lowest BCUT2D eigenvalue weighted by Crippen LogP contribution is -2.15. The number of benzene rings is 1. The van der Waals surface area contributed by atoms with Gasteiger partial charge in [0, 0.05) is 24.7 Å². The fourth-order valence-corrected chi connectivity index (χ4v) is 3.41. The molecule has 0 aliphatic carbocycles. The van der Waals surface area contributed by atoms with Crippen LogP contribution in [0, 0.1) is 0 Å².